The van der Waals surface area contributed by atoms with Gasteiger partial charge >= 0.3 is 0 Å². The van der Waals surface area contributed by atoms with Gasteiger partial charge in [-0.15, -0.1) is 0 Å². The van der Waals surface area contributed by atoms with Gasteiger partial charge in [0, 0.05) is 49.3 Å². The van der Waals surface area contributed by atoms with Crippen LogP contribution in [0.25, 0.3) is 0 Å². The number of ether oxygens (including phenoxy) is 1. The predicted molar refractivity (Wildman–Crippen MR) is 102 cm³/mol. The van der Waals surface area contributed by atoms with Gasteiger partial charge in [0.15, 0.2) is 0 Å². The van der Waals surface area contributed by atoms with Gasteiger partial charge in [-0.3, -0.25) is 9.67 Å². The molecule has 0 bridgehead atoms. The molecule has 4 rings (SSSR count). The average molecular weight is 354 g/mol. The molecule has 1 aliphatic carbocycles. The van der Waals surface area contributed by atoms with Gasteiger partial charge in [-0.2, -0.15) is 5.10 Å². The summed E-state index contributed by atoms with van der Waals surface area (Å²) in [6.07, 6.45) is 14.3. The third-order valence-electron chi connectivity index (χ3n) is 6.24. The SMILES string of the molecule is Cn1cc(CNCC[C@]2(c3ccccn3)CCOC3(CCCC3)C2)cn1. The van der Waals surface area contributed by atoms with Gasteiger partial charge in [-0.05, 0) is 50.8 Å². The highest BCUT2D eigenvalue weighted by Gasteiger charge is 2.48. The Morgan fingerprint density at radius 3 is 2.85 bits per heavy atom. The number of nitrogens with zero attached hydrogens (tertiary/aromatic N) is 3. The Balaban J connectivity index is 1.46. The Hall–Kier alpha value is -1.72. The van der Waals surface area contributed by atoms with E-state index in [0.29, 0.717) is 0 Å². The fourth-order valence-corrected chi connectivity index (χ4v) is 4.92. The maximum atomic E-state index is 6.32. The minimum absolute atomic E-state index is 0.0964. The first kappa shape index (κ1) is 17.7. The van der Waals surface area contributed by atoms with Crippen LogP contribution in [-0.4, -0.2) is 33.5 Å². The van der Waals surface area contributed by atoms with Gasteiger partial charge in [0.2, 0.25) is 0 Å². The van der Waals surface area contributed by atoms with Crippen molar-refractivity contribution in [3.05, 3.63) is 48.0 Å². The summed E-state index contributed by atoms with van der Waals surface area (Å²) in [6, 6.07) is 6.36. The fourth-order valence-electron chi connectivity index (χ4n) is 4.92. The molecular formula is C21H30N4O. The van der Waals surface area contributed by atoms with Gasteiger partial charge in [-0.1, -0.05) is 18.9 Å². The molecule has 3 heterocycles. The largest absolute Gasteiger partial charge is 0.375 e. The van der Waals surface area contributed by atoms with E-state index in [9.17, 15) is 0 Å². The molecule has 0 radical (unpaired) electrons. The van der Waals surface area contributed by atoms with Crippen molar-refractivity contribution < 1.29 is 4.74 Å². The van der Waals surface area contributed by atoms with Crippen LogP contribution in [-0.2, 0) is 23.7 Å². The zero-order valence-electron chi connectivity index (χ0n) is 15.8. The third kappa shape index (κ3) is 3.69. The Kier molecular flexibility index (Phi) is 5.09. The summed E-state index contributed by atoms with van der Waals surface area (Å²) in [5.41, 5.74) is 2.71. The summed E-state index contributed by atoms with van der Waals surface area (Å²) in [5, 5.41) is 7.86. The summed E-state index contributed by atoms with van der Waals surface area (Å²) in [6.45, 7) is 2.72. The smallest absolute Gasteiger partial charge is 0.0691 e. The van der Waals surface area contributed by atoms with E-state index < -0.39 is 0 Å². The van der Waals surface area contributed by atoms with Crippen LogP contribution in [0.4, 0.5) is 0 Å². The van der Waals surface area contributed by atoms with E-state index in [1.54, 1.807) is 0 Å². The topological polar surface area (TPSA) is 52.0 Å². The molecule has 2 aromatic heterocycles. The molecule has 0 amide bonds. The van der Waals surface area contributed by atoms with E-state index in [4.69, 9.17) is 9.72 Å². The van der Waals surface area contributed by atoms with E-state index in [2.05, 4.69) is 28.7 Å². The number of nitrogens with one attached hydrogen (secondary N) is 1. The first-order valence-electron chi connectivity index (χ1n) is 9.94. The summed E-state index contributed by atoms with van der Waals surface area (Å²) in [5.74, 6) is 0. The van der Waals surface area contributed by atoms with Crippen LogP contribution in [0.3, 0.4) is 0 Å². The van der Waals surface area contributed by atoms with Crippen LogP contribution in [0.5, 0.6) is 0 Å². The number of hydrogen-bond acceptors (Lipinski definition) is 4. The molecule has 140 valence electrons. The lowest BCUT2D eigenvalue weighted by atomic mass is 9.68. The van der Waals surface area contributed by atoms with Crippen LogP contribution in [0, 0.1) is 0 Å². The second kappa shape index (κ2) is 7.49. The Labute approximate surface area is 156 Å². The molecule has 1 aliphatic heterocycles. The Bertz CT molecular complexity index is 708. The van der Waals surface area contributed by atoms with Crippen LogP contribution >= 0.6 is 0 Å². The van der Waals surface area contributed by atoms with Crippen LogP contribution in [0.1, 0.15) is 56.2 Å². The number of hydrogen-bond donors (Lipinski definition) is 1. The van der Waals surface area contributed by atoms with E-state index in [1.165, 1.54) is 36.9 Å². The predicted octanol–water partition coefficient (Wildman–Crippen LogP) is 3.36. The molecule has 1 N–H and O–H groups in total. The molecule has 2 fully saturated rings. The molecule has 1 saturated carbocycles. The van der Waals surface area contributed by atoms with Crippen LogP contribution in [0.15, 0.2) is 36.8 Å². The van der Waals surface area contributed by atoms with Gasteiger partial charge in [0.25, 0.3) is 0 Å². The monoisotopic (exact) mass is 354 g/mol. The molecule has 1 atom stereocenters. The lowest BCUT2D eigenvalue weighted by Gasteiger charge is -2.46. The molecule has 2 aliphatic rings. The van der Waals surface area contributed by atoms with Crippen molar-refractivity contribution in [3.63, 3.8) is 0 Å². The summed E-state index contributed by atoms with van der Waals surface area (Å²) in [4.78, 5) is 4.77. The Morgan fingerprint density at radius 1 is 1.23 bits per heavy atom. The van der Waals surface area contributed by atoms with Gasteiger partial charge in [-0.25, -0.2) is 0 Å². The maximum Gasteiger partial charge on any atom is 0.0691 e. The molecule has 1 spiro atoms. The minimum atomic E-state index is 0.0964. The standard InChI is InChI=1S/C21H30N4O/c1-25-16-18(15-24-25)14-22-12-9-20(19-6-2-5-11-23-19)10-13-26-21(17-20)7-3-4-8-21/h2,5-6,11,15-16,22H,3-4,7-10,12-14,17H2,1H3/t20-/m0/s1. The molecule has 5 nitrogen and oxygen atoms in total. The number of rotatable bonds is 6. The maximum absolute atomic E-state index is 6.32. The zero-order chi connectivity index (χ0) is 17.9. The van der Waals surface area contributed by atoms with Crippen LogP contribution < -0.4 is 5.32 Å². The highest BCUT2D eigenvalue weighted by Crippen LogP contribution is 2.49. The lowest BCUT2D eigenvalue weighted by molar-refractivity contribution is -0.104. The first-order valence-corrected chi connectivity index (χ1v) is 9.94. The molecule has 0 aromatic carbocycles. The fraction of sp³-hybridized carbons (Fsp3) is 0.619. The second-order valence-corrected chi connectivity index (χ2v) is 8.11. The van der Waals surface area contributed by atoms with Crippen molar-refractivity contribution in [3.8, 4) is 0 Å². The van der Waals surface area contributed by atoms with Crippen molar-refractivity contribution >= 4 is 0 Å². The van der Waals surface area contributed by atoms with Gasteiger partial charge < -0.3 is 10.1 Å². The molecule has 2 aromatic rings. The van der Waals surface area contributed by atoms with Crippen molar-refractivity contribution in [2.45, 2.75) is 62.5 Å². The lowest BCUT2D eigenvalue weighted by Crippen LogP contribution is -2.47. The highest BCUT2D eigenvalue weighted by atomic mass is 16.5. The van der Waals surface area contributed by atoms with E-state index in [-0.39, 0.29) is 11.0 Å². The molecule has 1 saturated heterocycles. The number of aryl methyl sites for hydroxylation is 1. The summed E-state index contributed by atoms with van der Waals surface area (Å²) >= 11 is 0. The Morgan fingerprint density at radius 2 is 2.12 bits per heavy atom. The van der Waals surface area contributed by atoms with Crippen molar-refractivity contribution in [2.75, 3.05) is 13.2 Å². The number of pyridine rings is 1. The molecular weight excluding hydrogens is 324 g/mol. The van der Waals surface area contributed by atoms with Crippen molar-refractivity contribution in [1.82, 2.24) is 20.1 Å². The van der Waals surface area contributed by atoms with E-state index >= 15 is 0 Å². The quantitative estimate of drug-likeness (QED) is 0.808. The third-order valence-corrected chi connectivity index (χ3v) is 6.24. The summed E-state index contributed by atoms with van der Waals surface area (Å²) in [7, 11) is 1.96. The number of aromatic nitrogens is 3. The van der Waals surface area contributed by atoms with Gasteiger partial charge in [0.1, 0.15) is 0 Å². The van der Waals surface area contributed by atoms with E-state index in [1.807, 2.05) is 30.2 Å². The second-order valence-electron chi connectivity index (χ2n) is 8.11. The van der Waals surface area contributed by atoms with Crippen LogP contribution in [0.2, 0.25) is 0 Å². The molecule has 0 unspecified atom stereocenters. The zero-order valence-corrected chi connectivity index (χ0v) is 15.8. The minimum Gasteiger partial charge on any atom is -0.375 e. The molecule has 5 heteroatoms. The first-order chi connectivity index (χ1) is 12.7. The van der Waals surface area contributed by atoms with Gasteiger partial charge in [0.05, 0.1) is 11.8 Å². The van der Waals surface area contributed by atoms with Crippen molar-refractivity contribution in [2.24, 2.45) is 7.05 Å². The van der Waals surface area contributed by atoms with Crippen molar-refractivity contribution in [1.29, 1.82) is 0 Å². The molecule has 26 heavy (non-hydrogen) atoms. The summed E-state index contributed by atoms with van der Waals surface area (Å²) < 4.78 is 8.18. The van der Waals surface area contributed by atoms with E-state index in [0.717, 1.165) is 39.0 Å². The normalized spacial score (nSPS) is 25.0. The highest BCUT2D eigenvalue weighted by molar-refractivity contribution is 5.20. The average Bonchev–Trinajstić information content (AvgIpc) is 3.29.